The molecule has 0 amide bonds. The van der Waals surface area contributed by atoms with Crippen LogP contribution in [0.3, 0.4) is 0 Å². The summed E-state index contributed by atoms with van der Waals surface area (Å²) >= 11 is 3.29. The normalized spacial score (nSPS) is 10.8. The summed E-state index contributed by atoms with van der Waals surface area (Å²) in [5.74, 6) is 0.613. The molecule has 2 aromatic rings. The van der Waals surface area contributed by atoms with Gasteiger partial charge in [-0.3, -0.25) is 0 Å². The summed E-state index contributed by atoms with van der Waals surface area (Å²) < 4.78 is 13.0. The number of halogens is 1. The van der Waals surface area contributed by atoms with E-state index in [1.165, 1.54) is 6.07 Å². The van der Waals surface area contributed by atoms with Crippen molar-refractivity contribution in [3.63, 3.8) is 0 Å². The highest BCUT2D eigenvalue weighted by atomic mass is 32.2. The number of nitrogens with zero attached hydrogens (tertiary/aromatic N) is 1. The van der Waals surface area contributed by atoms with Crippen LogP contribution < -0.4 is 5.32 Å². The molecular formula is C13H15FN2S2. The van der Waals surface area contributed by atoms with E-state index in [2.05, 4.69) is 15.7 Å². The number of hydrogen-bond donors (Lipinski definition) is 1. The number of hydrogen-bond acceptors (Lipinski definition) is 4. The number of benzene rings is 1. The fourth-order valence-electron chi connectivity index (χ4n) is 1.48. The zero-order chi connectivity index (χ0) is 12.8. The number of thiazole rings is 1. The Bertz CT molecular complexity index is 499. The van der Waals surface area contributed by atoms with Gasteiger partial charge in [-0.1, -0.05) is 6.07 Å². The lowest BCUT2D eigenvalue weighted by molar-refractivity contribution is 0.624. The Hall–Kier alpha value is -0.910. The molecule has 0 bridgehead atoms. The SMILES string of the molecule is CNCCc1csc(CSc2cccc(F)c2)n1. The topological polar surface area (TPSA) is 24.9 Å². The van der Waals surface area contributed by atoms with E-state index >= 15 is 0 Å². The van der Waals surface area contributed by atoms with Crippen LogP contribution in [0.4, 0.5) is 4.39 Å². The predicted octanol–water partition coefficient (Wildman–Crippen LogP) is 3.34. The van der Waals surface area contributed by atoms with Crippen LogP contribution in [0.5, 0.6) is 0 Å². The quantitative estimate of drug-likeness (QED) is 0.823. The van der Waals surface area contributed by atoms with Gasteiger partial charge >= 0.3 is 0 Å². The van der Waals surface area contributed by atoms with Crippen LogP contribution in [0.25, 0.3) is 0 Å². The predicted molar refractivity (Wildman–Crippen MR) is 75.7 cm³/mol. The third kappa shape index (κ3) is 4.08. The van der Waals surface area contributed by atoms with E-state index in [4.69, 9.17) is 0 Å². The van der Waals surface area contributed by atoms with Gasteiger partial charge in [-0.25, -0.2) is 9.37 Å². The van der Waals surface area contributed by atoms with Crippen LogP contribution in [0.1, 0.15) is 10.7 Å². The molecule has 0 atom stereocenters. The Kier molecular flexibility index (Phi) is 5.16. The maximum absolute atomic E-state index is 13.0. The van der Waals surface area contributed by atoms with E-state index in [0.717, 1.165) is 34.3 Å². The third-order valence-corrected chi connectivity index (χ3v) is 4.47. The molecule has 2 nitrogen and oxygen atoms in total. The van der Waals surface area contributed by atoms with Crippen molar-refractivity contribution < 1.29 is 4.39 Å². The second-order valence-corrected chi connectivity index (χ2v) is 5.82. The van der Waals surface area contributed by atoms with Crippen LogP contribution in [0.15, 0.2) is 34.5 Å². The van der Waals surface area contributed by atoms with E-state index in [1.807, 2.05) is 13.1 Å². The third-order valence-electron chi connectivity index (χ3n) is 2.39. The fraction of sp³-hybridized carbons (Fsp3) is 0.308. The van der Waals surface area contributed by atoms with Crippen molar-refractivity contribution in [3.05, 3.63) is 46.2 Å². The van der Waals surface area contributed by atoms with Gasteiger partial charge in [0.25, 0.3) is 0 Å². The number of thioether (sulfide) groups is 1. The van der Waals surface area contributed by atoms with Gasteiger partial charge in [-0.2, -0.15) is 0 Å². The lowest BCUT2D eigenvalue weighted by atomic mass is 10.3. The average molecular weight is 282 g/mol. The lowest BCUT2D eigenvalue weighted by Gasteiger charge is -1.99. The van der Waals surface area contributed by atoms with Crippen molar-refractivity contribution in [2.24, 2.45) is 0 Å². The Morgan fingerprint density at radius 1 is 1.44 bits per heavy atom. The second-order valence-electron chi connectivity index (χ2n) is 3.83. The molecule has 0 aliphatic rings. The van der Waals surface area contributed by atoms with E-state index in [0.29, 0.717) is 0 Å². The molecule has 0 spiro atoms. The summed E-state index contributed by atoms with van der Waals surface area (Å²) in [6.45, 7) is 0.945. The maximum atomic E-state index is 13.0. The molecule has 0 saturated carbocycles. The van der Waals surface area contributed by atoms with Gasteiger partial charge in [-0.15, -0.1) is 23.1 Å². The molecule has 0 saturated heterocycles. The summed E-state index contributed by atoms with van der Waals surface area (Å²) in [6.07, 6.45) is 0.956. The summed E-state index contributed by atoms with van der Waals surface area (Å²) in [5.41, 5.74) is 1.13. The van der Waals surface area contributed by atoms with Crippen molar-refractivity contribution >= 4 is 23.1 Å². The Morgan fingerprint density at radius 2 is 2.33 bits per heavy atom. The zero-order valence-electron chi connectivity index (χ0n) is 10.1. The fourth-order valence-corrected chi connectivity index (χ4v) is 3.27. The minimum absolute atomic E-state index is 0.186. The van der Waals surface area contributed by atoms with E-state index in [9.17, 15) is 4.39 Å². The molecule has 2 rings (SSSR count). The molecule has 1 N–H and O–H groups in total. The van der Waals surface area contributed by atoms with Gasteiger partial charge in [0.15, 0.2) is 0 Å². The number of nitrogens with one attached hydrogen (secondary N) is 1. The first kappa shape index (κ1) is 13.5. The lowest BCUT2D eigenvalue weighted by Crippen LogP contribution is -2.10. The smallest absolute Gasteiger partial charge is 0.124 e. The number of aromatic nitrogens is 1. The largest absolute Gasteiger partial charge is 0.319 e. The maximum Gasteiger partial charge on any atom is 0.124 e. The molecule has 0 unspecified atom stereocenters. The van der Waals surface area contributed by atoms with Crippen molar-refractivity contribution in [2.75, 3.05) is 13.6 Å². The van der Waals surface area contributed by atoms with Crippen LogP contribution >= 0.6 is 23.1 Å². The second kappa shape index (κ2) is 6.87. The van der Waals surface area contributed by atoms with Crippen molar-refractivity contribution in [1.29, 1.82) is 0 Å². The minimum atomic E-state index is -0.186. The van der Waals surface area contributed by atoms with Crippen molar-refractivity contribution in [3.8, 4) is 0 Å². The summed E-state index contributed by atoms with van der Waals surface area (Å²) in [7, 11) is 1.94. The van der Waals surface area contributed by atoms with E-state index < -0.39 is 0 Å². The molecule has 0 fully saturated rings. The van der Waals surface area contributed by atoms with Crippen LogP contribution in [-0.4, -0.2) is 18.6 Å². The van der Waals surface area contributed by atoms with Gasteiger partial charge < -0.3 is 5.32 Å². The van der Waals surface area contributed by atoms with Gasteiger partial charge in [-0.05, 0) is 25.2 Å². The van der Waals surface area contributed by atoms with E-state index in [-0.39, 0.29) is 5.82 Å². The highest BCUT2D eigenvalue weighted by Gasteiger charge is 2.03. The molecule has 1 aromatic carbocycles. The highest BCUT2D eigenvalue weighted by molar-refractivity contribution is 7.98. The van der Waals surface area contributed by atoms with Gasteiger partial charge in [0.1, 0.15) is 10.8 Å². The molecular weight excluding hydrogens is 267 g/mol. The Labute approximate surface area is 115 Å². The van der Waals surface area contributed by atoms with Gasteiger partial charge in [0, 0.05) is 23.2 Å². The Balaban J connectivity index is 1.88. The molecule has 0 aliphatic heterocycles. The molecule has 1 aromatic heterocycles. The average Bonchev–Trinajstić information content (AvgIpc) is 2.82. The van der Waals surface area contributed by atoms with E-state index in [1.54, 1.807) is 35.2 Å². The molecule has 0 radical (unpaired) electrons. The highest BCUT2D eigenvalue weighted by Crippen LogP contribution is 2.24. The van der Waals surface area contributed by atoms with Crippen LogP contribution in [-0.2, 0) is 12.2 Å². The van der Waals surface area contributed by atoms with Gasteiger partial charge in [0.05, 0.1) is 11.4 Å². The standard InChI is InChI=1S/C13H15FN2S2/c1-15-6-5-11-8-18-13(16-11)9-17-12-4-2-3-10(14)7-12/h2-4,7-8,15H,5-6,9H2,1H3. The summed E-state index contributed by atoms with van der Waals surface area (Å²) in [6, 6.07) is 6.67. The Morgan fingerprint density at radius 3 is 3.11 bits per heavy atom. The van der Waals surface area contributed by atoms with Crippen molar-refractivity contribution in [2.45, 2.75) is 17.1 Å². The number of likely N-dealkylation sites (N-methyl/N-ethyl adjacent to an activating group) is 1. The number of rotatable bonds is 6. The first-order valence-electron chi connectivity index (χ1n) is 5.74. The first-order valence-corrected chi connectivity index (χ1v) is 7.60. The van der Waals surface area contributed by atoms with Crippen LogP contribution in [0, 0.1) is 5.82 Å². The van der Waals surface area contributed by atoms with Gasteiger partial charge in [0.2, 0.25) is 0 Å². The molecule has 5 heteroatoms. The molecule has 18 heavy (non-hydrogen) atoms. The zero-order valence-corrected chi connectivity index (χ0v) is 11.8. The summed E-state index contributed by atoms with van der Waals surface area (Å²) in [5, 5.41) is 6.30. The van der Waals surface area contributed by atoms with Crippen LogP contribution in [0.2, 0.25) is 0 Å². The molecule has 0 aliphatic carbocycles. The first-order chi connectivity index (χ1) is 8.78. The summed E-state index contributed by atoms with van der Waals surface area (Å²) in [4.78, 5) is 5.50. The van der Waals surface area contributed by atoms with Crippen molar-refractivity contribution in [1.82, 2.24) is 10.3 Å². The monoisotopic (exact) mass is 282 g/mol. The minimum Gasteiger partial charge on any atom is -0.319 e. The molecule has 1 heterocycles. The molecule has 96 valence electrons.